The lowest BCUT2D eigenvalue weighted by Gasteiger charge is -2.43. The van der Waals surface area contributed by atoms with Gasteiger partial charge in [-0.05, 0) is 52.9 Å². The molecule has 0 spiro atoms. The molecule has 1 atom stereocenters. The van der Waals surface area contributed by atoms with E-state index in [0.717, 1.165) is 32.6 Å². The lowest BCUT2D eigenvalue weighted by Crippen LogP contribution is -2.55. The largest absolute Gasteiger partial charge is 0.381 e. The summed E-state index contributed by atoms with van der Waals surface area (Å²) in [5.41, 5.74) is 0.249. The highest BCUT2D eigenvalue weighted by Gasteiger charge is 2.34. The highest BCUT2D eigenvalue weighted by Crippen LogP contribution is 2.27. The van der Waals surface area contributed by atoms with Crippen molar-refractivity contribution in [2.24, 2.45) is 0 Å². The Morgan fingerprint density at radius 2 is 2.05 bits per heavy atom. The molecule has 1 aromatic rings. The number of rotatable bonds is 5. The van der Waals surface area contributed by atoms with E-state index < -0.39 is 0 Å². The standard InChI is InChI=1S/C15H26N2OS/c1-12-5-6-14(19-12)13(2)16-11-15(17(3)4)7-9-18-10-8-15/h5-6,13,16H,7-11H2,1-4H3. The van der Waals surface area contributed by atoms with Gasteiger partial charge < -0.3 is 15.0 Å². The number of hydrogen-bond acceptors (Lipinski definition) is 4. The van der Waals surface area contributed by atoms with Crippen LogP contribution in [0.1, 0.15) is 35.6 Å². The van der Waals surface area contributed by atoms with Crippen LogP contribution < -0.4 is 5.32 Å². The fourth-order valence-electron chi connectivity index (χ4n) is 2.66. The molecule has 1 aliphatic heterocycles. The number of aryl methyl sites for hydroxylation is 1. The molecule has 19 heavy (non-hydrogen) atoms. The highest BCUT2D eigenvalue weighted by molar-refractivity contribution is 7.12. The lowest BCUT2D eigenvalue weighted by molar-refractivity contribution is -0.00802. The van der Waals surface area contributed by atoms with Crippen molar-refractivity contribution in [1.29, 1.82) is 0 Å². The molecular weight excluding hydrogens is 256 g/mol. The molecule has 1 fully saturated rings. The Morgan fingerprint density at radius 3 is 2.58 bits per heavy atom. The molecule has 1 N–H and O–H groups in total. The van der Waals surface area contributed by atoms with Crippen molar-refractivity contribution in [2.45, 2.75) is 38.3 Å². The third-order valence-electron chi connectivity index (χ3n) is 4.30. The van der Waals surface area contributed by atoms with Crippen LogP contribution in [0.5, 0.6) is 0 Å². The molecule has 0 aliphatic carbocycles. The van der Waals surface area contributed by atoms with Crippen LogP contribution in [0.15, 0.2) is 12.1 Å². The minimum Gasteiger partial charge on any atom is -0.381 e. The van der Waals surface area contributed by atoms with Gasteiger partial charge in [0.05, 0.1) is 0 Å². The van der Waals surface area contributed by atoms with Crippen molar-refractivity contribution in [3.63, 3.8) is 0 Å². The first-order valence-corrected chi connectivity index (χ1v) is 7.90. The molecule has 0 aromatic carbocycles. The minimum atomic E-state index is 0.249. The topological polar surface area (TPSA) is 24.5 Å². The molecule has 4 heteroatoms. The first-order chi connectivity index (χ1) is 9.03. The Bertz CT molecular complexity index is 397. The van der Waals surface area contributed by atoms with Gasteiger partial charge in [-0.3, -0.25) is 0 Å². The van der Waals surface area contributed by atoms with Crippen LogP contribution in [0.25, 0.3) is 0 Å². The summed E-state index contributed by atoms with van der Waals surface area (Å²) in [5, 5.41) is 3.72. The maximum absolute atomic E-state index is 5.52. The summed E-state index contributed by atoms with van der Waals surface area (Å²) >= 11 is 1.89. The minimum absolute atomic E-state index is 0.249. The van der Waals surface area contributed by atoms with Crippen LogP contribution in [-0.2, 0) is 4.74 Å². The van der Waals surface area contributed by atoms with E-state index in [9.17, 15) is 0 Å². The van der Waals surface area contributed by atoms with Gasteiger partial charge in [-0.1, -0.05) is 0 Å². The van der Waals surface area contributed by atoms with Crippen LogP contribution in [0.3, 0.4) is 0 Å². The normalized spacial score (nSPS) is 20.7. The van der Waals surface area contributed by atoms with E-state index in [1.807, 2.05) is 11.3 Å². The van der Waals surface area contributed by atoms with Gasteiger partial charge in [0.2, 0.25) is 0 Å². The van der Waals surface area contributed by atoms with E-state index in [0.29, 0.717) is 6.04 Å². The van der Waals surface area contributed by atoms with Gasteiger partial charge in [0.15, 0.2) is 0 Å². The van der Waals surface area contributed by atoms with Gasteiger partial charge >= 0.3 is 0 Å². The Labute approximate surface area is 121 Å². The van der Waals surface area contributed by atoms with E-state index in [-0.39, 0.29) is 5.54 Å². The maximum Gasteiger partial charge on any atom is 0.0484 e. The van der Waals surface area contributed by atoms with Gasteiger partial charge in [-0.25, -0.2) is 0 Å². The Balaban J connectivity index is 1.95. The number of thiophene rings is 1. The predicted molar refractivity (Wildman–Crippen MR) is 81.9 cm³/mol. The summed E-state index contributed by atoms with van der Waals surface area (Å²) in [6, 6.07) is 4.87. The summed E-state index contributed by atoms with van der Waals surface area (Å²) in [6.07, 6.45) is 2.23. The van der Waals surface area contributed by atoms with E-state index in [4.69, 9.17) is 4.74 Å². The lowest BCUT2D eigenvalue weighted by atomic mass is 9.88. The number of likely N-dealkylation sites (N-methyl/N-ethyl adjacent to an activating group) is 1. The molecule has 1 saturated heterocycles. The highest BCUT2D eigenvalue weighted by atomic mass is 32.1. The van der Waals surface area contributed by atoms with Crippen LogP contribution >= 0.6 is 11.3 Å². The summed E-state index contributed by atoms with van der Waals surface area (Å²) in [6.45, 7) is 7.22. The second-order valence-corrected chi connectivity index (χ2v) is 7.10. The molecule has 3 nitrogen and oxygen atoms in total. The van der Waals surface area contributed by atoms with Crippen molar-refractivity contribution in [3.05, 3.63) is 21.9 Å². The summed E-state index contributed by atoms with van der Waals surface area (Å²) in [4.78, 5) is 5.19. The fraction of sp³-hybridized carbons (Fsp3) is 0.733. The third-order valence-corrected chi connectivity index (χ3v) is 5.48. The van der Waals surface area contributed by atoms with Crippen molar-refractivity contribution in [3.8, 4) is 0 Å². The zero-order chi connectivity index (χ0) is 13.9. The van der Waals surface area contributed by atoms with E-state index in [1.54, 1.807) is 0 Å². The van der Waals surface area contributed by atoms with Crippen LogP contribution in [-0.4, -0.2) is 44.3 Å². The fourth-order valence-corrected chi connectivity index (χ4v) is 3.57. The van der Waals surface area contributed by atoms with Gasteiger partial charge in [0, 0.05) is 41.1 Å². The number of hydrogen-bond donors (Lipinski definition) is 1. The van der Waals surface area contributed by atoms with Crippen molar-refractivity contribution in [1.82, 2.24) is 10.2 Å². The molecular formula is C15H26N2OS. The first-order valence-electron chi connectivity index (χ1n) is 7.08. The van der Waals surface area contributed by atoms with Crippen molar-refractivity contribution in [2.75, 3.05) is 33.9 Å². The molecule has 1 unspecified atom stereocenters. The van der Waals surface area contributed by atoms with Crippen LogP contribution in [0.2, 0.25) is 0 Å². The third kappa shape index (κ3) is 3.57. The maximum atomic E-state index is 5.52. The molecule has 2 rings (SSSR count). The average Bonchev–Trinajstić information content (AvgIpc) is 2.83. The number of ether oxygens (including phenoxy) is 1. The van der Waals surface area contributed by atoms with Gasteiger partial charge in [-0.15, -0.1) is 11.3 Å². The summed E-state index contributed by atoms with van der Waals surface area (Å²) < 4.78 is 5.52. The van der Waals surface area contributed by atoms with E-state index in [2.05, 4.69) is 50.3 Å². The Morgan fingerprint density at radius 1 is 1.37 bits per heavy atom. The zero-order valence-corrected chi connectivity index (χ0v) is 13.3. The van der Waals surface area contributed by atoms with E-state index >= 15 is 0 Å². The first kappa shape index (κ1) is 15.0. The molecule has 0 radical (unpaired) electrons. The number of nitrogens with zero attached hydrogens (tertiary/aromatic N) is 1. The summed E-state index contributed by atoms with van der Waals surface area (Å²) in [7, 11) is 4.37. The van der Waals surface area contributed by atoms with Gasteiger partial charge in [-0.2, -0.15) is 0 Å². The molecule has 0 bridgehead atoms. The van der Waals surface area contributed by atoms with Gasteiger partial charge in [0.25, 0.3) is 0 Å². The summed E-state index contributed by atoms with van der Waals surface area (Å²) in [5.74, 6) is 0. The zero-order valence-electron chi connectivity index (χ0n) is 12.5. The molecule has 2 heterocycles. The monoisotopic (exact) mass is 282 g/mol. The number of nitrogens with one attached hydrogen (secondary N) is 1. The molecule has 0 saturated carbocycles. The predicted octanol–water partition coefficient (Wildman–Crippen LogP) is 2.82. The smallest absolute Gasteiger partial charge is 0.0484 e. The van der Waals surface area contributed by atoms with E-state index in [1.165, 1.54) is 9.75 Å². The second-order valence-electron chi connectivity index (χ2n) is 5.78. The van der Waals surface area contributed by atoms with Crippen LogP contribution in [0, 0.1) is 6.92 Å². The Kier molecular flexibility index (Phi) is 5.01. The van der Waals surface area contributed by atoms with Crippen molar-refractivity contribution < 1.29 is 4.74 Å². The van der Waals surface area contributed by atoms with Crippen molar-refractivity contribution >= 4 is 11.3 Å². The quantitative estimate of drug-likeness (QED) is 0.899. The average molecular weight is 282 g/mol. The molecule has 0 amide bonds. The molecule has 1 aromatic heterocycles. The van der Waals surface area contributed by atoms with Crippen LogP contribution in [0.4, 0.5) is 0 Å². The Hall–Kier alpha value is -0.420. The van der Waals surface area contributed by atoms with Gasteiger partial charge in [0.1, 0.15) is 0 Å². The SMILES string of the molecule is Cc1ccc(C(C)NCC2(N(C)C)CCOCC2)s1. The molecule has 1 aliphatic rings. The molecule has 108 valence electrons. The second kappa shape index (κ2) is 6.35.